The third kappa shape index (κ3) is 7.96. The molecule has 16 heavy (non-hydrogen) atoms. The van der Waals surface area contributed by atoms with Crippen LogP contribution in [0.1, 0.15) is 26.2 Å². The van der Waals surface area contributed by atoms with Gasteiger partial charge in [-0.25, -0.2) is 4.79 Å². The second-order valence-electron chi connectivity index (χ2n) is 3.69. The van der Waals surface area contributed by atoms with Crippen molar-refractivity contribution in [2.24, 2.45) is 0 Å². The molecule has 0 unspecified atom stereocenters. The highest BCUT2D eigenvalue weighted by atomic mass is 16.6. The van der Waals surface area contributed by atoms with Gasteiger partial charge < -0.3 is 19.6 Å². The standard InChI is InChI=1S/C9H18N2.C2H4O3/c1-3-4-5-6-11-8-7-10(2)9-11;1-5-2(3)4/h7-8H,3-6,9H2,1-2H3;1H3,(H,3,4). The van der Waals surface area contributed by atoms with Crippen molar-refractivity contribution < 1.29 is 14.6 Å². The third-order valence-corrected chi connectivity index (χ3v) is 2.16. The largest absolute Gasteiger partial charge is 0.505 e. The second-order valence-corrected chi connectivity index (χ2v) is 3.69. The van der Waals surface area contributed by atoms with Gasteiger partial charge in [0.25, 0.3) is 0 Å². The molecule has 0 fully saturated rings. The van der Waals surface area contributed by atoms with Gasteiger partial charge in [-0.1, -0.05) is 19.8 Å². The van der Waals surface area contributed by atoms with E-state index < -0.39 is 6.16 Å². The number of methoxy groups -OCH3 is 1. The number of rotatable bonds is 4. The number of hydrogen-bond donors (Lipinski definition) is 1. The maximum absolute atomic E-state index is 9.15. The quantitative estimate of drug-likeness (QED) is 0.592. The molecule has 0 aliphatic carbocycles. The molecule has 0 saturated heterocycles. The Kier molecular flexibility index (Phi) is 8.11. The highest BCUT2D eigenvalue weighted by molar-refractivity contribution is 5.56. The van der Waals surface area contributed by atoms with Gasteiger partial charge in [0, 0.05) is 26.0 Å². The first-order chi connectivity index (χ1) is 7.60. The molecule has 0 aromatic heterocycles. The molecule has 0 bridgehead atoms. The zero-order valence-corrected chi connectivity index (χ0v) is 10.3. The number of nitrogens with zero attached hydrogens (tertiary/aromatic N) is 2. The summed E-state index contributed by atoms with van der Waals surface area (Å²) in [6.45, 7) is 4.53. The summed E-state index contributed by atoms with van der Waals surface area (Å²) >= 11 is 0. The van der Waals surface area contributed by atoms with E-state index >= 15 is 0 Å². The molecule has 0 radical (unpaired) electrons. The summed E-state index contributed by atoms with van der Waals surface area (Å²) in [6, 6.07) is 0. The topological polar surface area (TPSA) is 53.0 Å². The molecule has 1 N–H and O–H groups in total. The Labute approximate surface area is 97.3 Å². The summed E-state index contributed by atoms with van der Waals surface area (Å²) in [5.74, 6) is 0. The molecule has 5 heteroatoms. The van der Waals surface area contributed by atoms with E-state index in [-0.39, 0.29) is 0 Å². The molecule has 94 valence electrons. The molecule has 0 aromatic rings. The van der Waals surface area contributed by atoms with Crippen LogP contribution in [0.3, 0.4) is 0 Å². The first-order valence-corrected chi connectivity index (χ1v) is 5.49. The average Bonchev–Trinajstić information content (AvgIpc) is 2.66. The smallest absolute Gasteiger partial charge is 0.450 e. The van der Waals surface area contributed by atoms with Crippen molar-refractivity contribution in [2.45, 2.75) is 26.2 Å². The van der Waals surface area contributed by atoms with E-state index in [0.717, 1.165) is 13.8 Å². The molecule has 0 aromatic carbocycles. The van der Waals surface area contributed by atoms with E-state index in [1.54, 1.807) is 0 Å². The highest BCUT2D eigenvalue weighted by Gasteiger charge is 2.06. The van der Waals surface area contributed by atoms with Crippen LogP contribution < -0.4 is 0 Å². The van der Waals surface area contributed by atoms with Gasteiger partial charge in [-0.3, -0.25) is 0 Å². The van der Waals surface area contributed by atoms with Gasteiger partial charge in [0.05, 0.1) is 13.8 Å². The predicted octanol–water partition coefficient (Wildman–Crippen LogP) is 2.16. The Hall–Kier alpha value is -1.39. The van der Waals surface area contributed by atoms with Crippen LogP contribution in [-0.4, -0.2) is 48.4 Å². The summed E-state index contributed by atoms with van der Waals surface area (Å²) in [5.41, 5.74) is 0. The van der Waals surface area contributed by atoms with Gasteiger partial charge in [-0.2, -0.15) is 0 Å². The van der Waals surface area contributed by atoms with E-state index in [2.05, 4.69) is 40.9 Å². The summed E-state index contributed by atoms with van der Waals surface area (Å²) in [6.07, 6.45) is 7.06. The lowest BCUT2D eigenvalue weighted by Gasteiger charge is -2.17. The van der Waals surface area contributed by atoms with E-state index in [1.165, 1.54) is 25.8 Å². The van der Waals surface area contributed by atoms with E-state index in [4.69, 9.17) is 9.90 Å². The molecule has 0 amide bonds. The summed E-state index contributed by atoms with van der Waals surface area (Å²) in [5, 5.41) is 7.50. The summed E-state index contributed by atoms with van der Waals surface area (Å²) in [7, 11) is 3.21. The van der Waals surface area contributed by atoms with Crippen molar-refractivity contribution in [2.75, 3.05) is 27.4 Å². The van der Waals surface area contributed by atoms with Crippen molar-refractivity contribution in [3.05, 3.63) is 12.4 Å². The maximum Gasteiger partial charge on any atom is 0.505 e. The fourth-order valence-corrected chi connectivity index (χ4v) is 1.30. The maximum atomic E-state index is 9.15. The number of carbonyl (C=O) groups is 1. The summed E-state index contributed by atoms with van der Waals surface area (Å²) < 4.78 is 3.67. The second kappa shape index (κ2) is 8.88. The molecule has 5 nitrogen and oxygen atoms in total. The van der Waals surface area contributed by atoms with Gasteiger partial charge in [0.15, 0.2) is 0 Å². The molecule has 1 heterocycles. The van der Waals surface area contributed by atoms with Crippen LogP contribution >= 0.6 is 0 Å². The van der Waals surface area contributed by atoms with Crippen LogP contribution in [0.5, 0.6) is 0 Å². The van der Waals surface area contributed by atoms with Gasteiger partial charge in [0.2, 0.25) is 0 Å². The zero-order valence-electron chi connectivity index (χ0n) is 10.3. The molecule has 0 spiro atoms. The highest BCUT2D eigenvalue weighted by Crippen LogP contribution is 2.05. The van der Waals surface area contributed by atoms with Crippen molar-refractivity contribution in [3.8, 4) is 0 Å². The molecule has 1 rings (SSSR count). The molecule has 0 saturated carbocycles. The van der Waals surface area contributed by atoms with Crippen LogP contribution in [0.2, 0.25) is 0 Å². The minimum Gasteiger partial charge on any atom is -0.450 e. The Bertz CT molecular complexity index is 219. The Morgan fingerprint density at radius 1 is 1.44 bits per heavy atom. The van der Waals surface area contributed by atoms with E-state index in [0.29, 0.717) is 0 Å². The van der Waals surface area contributed by atoms with Crippen LogP contribution in [0, 0.1) is 0 Å². The van der Waals surface area contributed by atoms with E-state index in [9.17, 15) is 0 Å². The number of ether oxygens (including phenoxy) is 1. The lowest BCUT2D eigenvalue weighted by molar-refractivity contribution is 0.114. The normalized spacial score (nSPS) is 13.4. The number of carboxylic acid groups (broad SMARTS) is 1. The minimum atomic E-state index is -1.25. The Morgan fingerprint density at radius 2 is 2.06 bits per heavy atom. The lowest BCUT2D eigenvalue weighted by atomic mass is 10.2. The minimum absolute atomic E-state index is 1.07. The Morgan fingerprint density at radius 3 is 2.44 bits per heavy atom. The third-order valence-electron chi connectivity index (χ3n) is 2.16. The SMILES string of the molecule is CCCCCN1C=CN(C)C1.COC(=O)O. The van der Waals surface area contributed by atoms with Crippen LogP contribution in [0.15, 0.2) is 12.4 Å². The molecule has 1 aliphatic rings. The van der Waals surface area contributed by atoms with Gasteiger partial charge in [-0.15, -0.1) is 0 Å². The van der Waals surface area contributed by atoms with Crippen molar-refractivity contribution in [1.29, 1.82) is 0 Å². The molecule has 1 aliphatic heterocycles. The van der Waals surface area contributed by atoms with Crippen molar-refractivity contribution >= 4 is 6.16 Å². The van der Waals surface area contributed by atoms with Gasteiger partial charge in [0.1, 0.15) is 0 Å². The first kappa shape index (κ1) is 14.6. The van der Waals surface area contributed by atoms with Crippen LogP contribution in [0.25, 0.3) is 0 Å². The molecule has 0 atom stereocenters. The summed E-state index contributed by atoms with van der Waals surface area (Å²) in [4.78, 5) is 13.7. The molecular weight excluding hydrogens is 208 g/mol. The average molecular weight is 230 g/mol. The predicted molar refractivity (Wildman–Crippen MR) is 63.0 cm³/mol. The fourth-order valence-electron chi connectivity index (χ4n) is 1.30. The monoisotopic (exact) mass is 230 g/mol. The van der Waals surface area contributed by atoms with Crippen molar-refractivity contribution in [1.82, 2.24) is 9.80 Å². The van der Waals surface area contributed by atoms with Gasteiger partial charge >= 0.3 is 6.16 Å². The van der Waals surface area contributed by atoms with E-state index in [1.807, 2.05) is 0 Å². The molecular formula is C11H22N2O3. The number of unbranched alkanes of at least 4 members (excludes halogenated alkanes) is 2. The number of hydrogen-bond acceptors (Lipinski definition) is 4. The fraction of sp³-hybridized carbons (Fsp3) is 0.727. The lowest BCUT2D eigenvalue weighted by Crippen LogP contribution is -2.23. The van der Waals surface area contributed by atoms with Crippen LogP contribution in [0.4, 0.5) is 4.79 Å². The zero-order chi connectivity index (χ0) is 12.4. The van der Waals surface area contributed by atoms with Crippen LogP contribution in [-0.2, 0) is 4.74 Å². The Balaban J connectivity index is 0.000000385. The van der Waals surface area contributed by atoms with Gasteiger partial charge in [-0.05, 0) is 6.42 Å². The van der Waals surface area contributed by atoms with Crippen molar-refractivity contribution in [3.63, 3.8) is 0 Å². The first-order valence-electron chi connectivity index (χ1n) is 5.49.